The molecule has 2 rings (SSSR count). The summed E-state index contributed by atoms with van der Waals surface area (Å²) >= 11 is 0. The van der Waals surface area contributed by atoms with Crippen LogP contribution in [0.5, 0.6) is 0 Å². The van der Waals surface area contributed by atoms with Gasteiger partial charge in [-0.05, 0) is 38.0 Å². The van der Waals surface area contributed by atoms with Gasteiger partial charge < -0.3 is 9.84 Å². The molecule has 0 aromatic carbocycles. The van der Waals surface area contributed by atoms with Crippen LogP contribution < -0.4 is 0 Å². The smallest absolute Gasteiger partial charge is 0.312 e. The third-order valence-electron chi connectivity index (χ3n) is 4.01. The summed E-state index contributed by atoms with van der Waals surface area (Å²) in [5.74, 6) is -0.740. The number of rotatable bonds is 2. The molecular formula is C11H16O4. The number of carboxylic acid groups (broad SMARTS) is 1. The van der Waals surface area contributed by atoms with E-state index in [1.165, 1.54) is 7.11 Å². The van der Waals surface area contributed by atoms with Crippen molar-refractivity contribution in [2.45, 2.75) is 26.2 Å². The van der Waals surface area contributed by atoms with Crippen LogP contribution in [0.2, 0.25) is 0 Å². The molecule has 2 unspecified atom stereocenters. The lowest BCUT2D eigenvalue weighted by molar-refractivity contribution is -0.167. The van der Waals surface area contributed by atoms with Gasteiger partial charge in [-0.2, -0.15) is 0 Å². The van der Waals surface area contributed by atoms with Crippen LogP contribution in [0.1, 0.15) is 26.2 Å². The number of fused-ring (bicyclic) bond motifs is 1. The average molecular weight is 212 g/mol. The van der Waals surface area contributed by atoms with Crippen LogP contribution in [0.25, 0.3) is 0 Å². The van der Waals surface area contributed by atoms with E-state index in [1.807, 2.05) is 0 Å². The van der Waals surface area contributed by atoms with Gasteiger partial charge in [0, 0.05) is 0 Å². The summed E-state index contributed by atoms with van der Waals surface area (Å²) in [7, 11) is 1.32. The maximum atomic E-state index is 11.7. The van der Waals surface area contributed by atoms with Gasteiger partial charge in [0.05, 0.1) is 18.4 Å². The fraction of sp³-hybridized carbons (Fsp3) is 0.818. The first-order chi connectivity index (χ1) is 6.99. The molecule has 0 heterocycles. The summed E-state index contributed by atoms with van der Waals surface area (Å²) in [4.78, 5) is 22.8. The normalized spacial score (nSPS) is 42.9. The summed E-state index contributed by atoms with van der Waals surface area (Å²) in [6.45, 7) is 1.73. The fourth-order valence-corrected chi connectivity index (χ4v) is 2.93. The Morgan fingerprint density at radius 1 is 1.33 bits per heavy atom. The van der Waals surface area contributed by atoms with Crippen LogP contribution in [0.3, 0.4) is 0 Å². The van der Waals surface area contributed by atoms with Crippen LogP contribution in [-0.4, -0.2) is 24.2 Å². The van der Waals surface area contributed by atoms with Crippen molar-refractivity contribution in [2.75, 3.05) is 7.11 Å². The van der Waals surface area contributed by atoms with Crippen molar-refractivity contribution in [1.29, 1.82) is 0 Å². The zero-order valence-electron chi connectivity index (χ0n) is 9.03. The third-order valence-corrected chi connectivity index (χ3v) is 4.01. The van der Waals surface area contributed by atoms with E-state index < -0.39 is 17.3 Å². The minimum Gasteiger partial charge on any atom is -0.481 e. The van der Waals surface area contributed by atoms with E-state index in [1.54, 1.807) is 6.92 Å². The lowest BCUT2D eigenvalue weighted by Gasteiger charge is -2.35. The Labute approximate surface area is 88.6 Å². The fourth-order valence-electron chi connectivity index (χ4n) is 2.93. The molecule has 4 nitrogen and oxygen atoms in total. The predicted molar refractivity (Wildman–Crippen MR) is 52.1 cm³/mol. The molecule has 2 aliphatic carbocycles. The molecule has 2 fully saturated rings. The van der Waals surface area contributed by atoms with Gasteiger partial charge in [0.2, 0.25) is 0 Å². The second-order valence-electron chi connectivity index (χ2n) is 5.00. The summed E-state index contributed by atoms with van der Waals surface area (Å²) < 4.78 is 4.74. The second-order valence-corrected chi connectivity index (χ2v) is 5.00. The number of esters is 1. The number of hydrogen-bond acceptors (Lipinski definition) is 3. The molecule has 2 aliphatic rings. The molecule has 0 aromatic rings. The molecular weight excluding hydrogens is 196 g/mol. The highest BCUT2D eigenvalue weighted by Gasteiger charge is 2.58. The Morgan fingerprint density at radius 2 is 2.00 bits per heavy atom. The lowest BCUT2D eigenvalue weighted by atomic mass is 9.67. The molecule has 4 heteroatoms. The number of carboxylic acids is 1. The van der Waals surface area contributed by atoms with Gasteiger partial charge in [-0.3, -0.25) is 9.59 Å². The number of aliphatic carboxylic acids is 1. The number of carbonyl (C=O) groups is 2. The first-order valence-electron chi connectivity index (χ1n) is 5.30. The number of methoxy groups -OCH3 is 1. The topological polar surface area (TPSA) is 63.6 Å². The van der Waals surface area contributed by atoms with E-state index in [9.17, 15) is 9.59 Å². The minimum absolute atomic E-state index is 0.375. The van der Waals surface area contributed by atoms with Gasteiger partial charge in [0.1, 0.15) is 0 Å². The number of hydrogen-bond donors (Lipinski definition) is 1. The highest BCUT2D eigenvalue weighted by atomic mass is 16.5. The second kappa shape index (κ2) is 3.22. The molecule has 1 N–H and O–H groups in total. The summed E-state index contributed by atoms with van der Waals surface area (Å²) in [6, 6.07) is 0. The molecule has 0 bridgehead atoms. The largest absolute Gasteiger partial charge is 0.481 e. The van der Waals surface area contributed by atoms with Crippen molar-refractivity contribution in [2.24, 2.45) is 23.2 Å². The minimum atomic E-state index is -0.867. The third kappa shape index (κ3) is 1.52. The zero-order valence-corrected chi connectivity index (χ0v) is 9.03. The Balaban J connectivity index is 2.25. The predicted octanol–water partition coefficient (Wildman–Crippen LogP) is 1.30. The molecule has 0 aliphatic heterocycles. The standard InChI is InChI=1S/C11H16O4/c1-11(10(14)15-2)5-7-3-6(7)4-8(11)9(12)13/h6-8H,3-5H2,1-2H3,(H,12,13)/t6?,7?,8-,11-/m0/s1. The Hall–Kier alpha value is -1.06. The highest BCUT2D eigenvalue weighted by molar-refractivity contribution is 5.84. The van der Waals surface area contributed by atoms with E-state index in [-0.39, 0.29) is 5.97 Å². The first kappa shape index (κ1) is 10.5. The maximum Gasteiger partial charge on any atom is 0.312 e. The summed E-state index contributed by atoms with van der Waals surface area (Å²) in [6.07, 6.45) is 2.38. The van der Waals surface area contributed by atoms with Crippen molar-refractivity contribution in [3.8, 4) is 0 Å². The molecule has 0 saturated heterocycles. The highest BCUT2D eigenvalue weighted by Crippen LogP contribution is 2.58. The molecule has 4 atom stereocenters. The van der Waals surface area contributed by atoms with Crippen LogP contribution in [0, 0.1) is 23.2 Å². The van der Waals surface area contributed by atoms with Gasteiger partial charge in [-0.25, -0.2) is 0 Å². The molecule has 0 radical (unpaired) electrons. The van der Waals surface area contributed by atoms with E-state index in [4.69, 9.17) is 9.84 Å². The zero-order chi connectivity index (χ0) is 11.2. The van der Waals surface area contributed by atoms with Crippen LogP contribution in [-0.2, 0) is 14.3 Å². The quantitative estimate of drug-likeness (QED) is 0.701. The van der Waals surface area contributed by atoms with Crippen LogP contribution in [0.15, 0.2) is 0 Å². The molecule has 0 spiro atoms. The Morgan fingerprint density at radius 3 is 2.53 bits per heavy atom. The van der Waals surface area contributed by atoms with Crippen molar-refractivity contribution >= 4 is 11.9 Å². The number of ether oxygens (including phenoxy) is 1. The Bertz CT molecular complexity index is 312. The molecule has 84 valence electrons. The van der Waals surface area contributed by atoms with E-state index in [0.29, 0.717) is 24.7 Å². The molecule has 0 aromatic heterocycles. The van der Waals surface area contributed by atoms with Crippen molar-refractivity contribution in [3.63, 3.8) is 0 Å². The van der Waals surface area contributed by atoms with Gasteiger partial charge in [0.15, 0.2) is 0 Å². The molecule has 0 amide bonds. The first-order valence-corrected chi connectivity index (χ1v) is 5.30. The van der Waals surface area contributed by atoms with Gasteiger partial charge in [0.25, 0.3) is 0 Å². The van der Waals surface area contributed by atoms with Crippen molar-refractivity contribution in [1.82, 2.24) is 0 Å². The van der Waals surface area contributed by atoms with Crippen LogP contribution in [0.4, 0.5) is 0 Å². The average Bonchev–Trinajstić information content (AvgIpc) is 2.92. The monoisotopic (exact) mass is 212 g/mol. The van der Waals surface area contributed by atoms with E-state index in [2.05, 4.69) is 0 Å². The van der Waals surface area contributed by atoms with E-state index in [0.717, 1.165) is 6.42 Å². The van der Waals surface area contributed by atoms with Gasteiger partial charge in [-0.15, -0.1) is 0 Å². The lowest BCUT2D eigenvalue weighted by Crippen LogP contribution is -2.44. The van der Waals surface area contributed by atoms with Gasteiger partial charge in [-0.1, -0.05) is 0 Å². The van der Waals surface area contributed by atoms with Crippen LogP contribution >= 0.6 is 0 Å². The molecule has 2 saturated carbocycles. The Kier molecular flexibility index (Phi) is 2.24. The SMILES string of the molecule is COC(=O)[C@@]1(C)CC2CC2C[C@H]1C(=O)O. The van der Waals surface area contributed by atoms with Gasteiger partial charge >= 0.3 is 11.9 Å². The summed E-state index contributed by atoms with van der Waals surface area (Å²) in [5, 5.41) is 9.15. The number of carbonyl (C=O) groups excluding carboxylic acids is 1. The van der Waals surface area contributed by atoms with Crippen molar-refractivity contribution in [3.05, 3.63) is 0 Å². The summed E-state index contributed by atoms with van der Waals surface area (Å²) in [5.41, 5.74) is -0.821. The maximum absolute atomic E-state index is 11.7. The molecule has 15 heavy (non-hydrogen) atoms. The van der Waals surface area contributed by atoms with Crippen molar-refractivity contribution < 1.29 is 19.4 Å². The van der Waals surface area contributed by atoms with E-state index >= 15 is 0 Å².